The van der Waals surface area contributed by atoms with Gasteiger partial charge in [0.2, 0.25) is 5.91 Å². The largest absolute Gasteiger partial charge is 0.350 e. The van der Waals surface area contributed by atoms with E-state index in [2.05, 4.69) is 5.32 Å². The number of anilines is 1. The fourth-order valence-corrected chi connectivity index (χ4v) is 3.34. The highest BCUT2D eigenvalue weighted by atomic mass is 19.1. The highest BCUT2D eigenvalue weighted by Crippen LogP contribution is 2.23. The molecule has 142 valence electrons. The molecule has 2 aromatic carbocycles. The van der Waals surface area contributed by atoms with Gasteiger partial charge in [0.1, 0.15) is 5.82 Å². The van der Waals surface area contributed by atoms with Crippen molar-refractivity contribution in [1.82, 2.24) is 10.2 Å². The molecule has 0 aliphatic carbocycles. The van der Waals surface area contributed by atoms with Crippen LogP contribution in [0.15, 0.2) is 48.5 Å². The van der Waals surface area contributed by atoms with E-state index in [-0.39, 0.29) is 23.7 Å². The van der Waals surface area contributed by atoms with Crippen molar-refractivity contribution in [3.8, 4) is 0 Å². The zero-order chi connectivity index (χ0) is 19.4. The van der Waals surface area contributed by atoms with Crippen molar-refractivity contribution in [3.05, 3.63) is 65.5 Å². The fourth-order valence-electron chi connectivity index (χ4n) is 3.34. The van der Waals surface area contributed by atoms with Crippen LogP contribution in [0.3, 0.4) is 0 Å². The molecule has 0 bridgehead atoms. The Morgan fingerprint density at radius 3 is 2.67 bits per heavy atom. The summed E-state index contributed by atoms with van der Waals surface area (Å²) in [7, 11) is 3.78. The minimum absolute atomic E-state index is 0.0892. The van der Waals surface area contributed by atoms with Gasteiger partial charge in [0.25, 0.3) is 5.91 Å². The molecule has 0 saturated carbocycles. The molecule has 0 aromatic heterocycles. The Labute approximate surface area is 158 Å². The first kappa shape index (κ1) is 19.0. The maximum Gasteiger partial charge on any atom is 0.251 e. The average molecular weight is 369 g/mol. The van der Waals surface area contributed by atoms with E-state index in [9.17, 15) is 14.0 Å². The summed E-state index contributed by atoms with van der Waals surface area (Å²) in [6.07, 6.45) is 1.39. The molecule has 27 heavy (non-hydrogen) atoms. The van der Waals surface area contributed by atoms with Crippen molar-refractivity contribution in [3.63, 3.8) is 0 Å². The van der Waals surface area contributed by atoms with Gasteiger partial charge in [0.15, 0.2) is 0 Å². The van der Waals surface area contributed by atoms with Crippen molar-refractivity contribution in [1.29, 1.82) is 0 Å². The second-order valence-corrected chi connectivity index (χ2v) is 6.94. The van der Waals surface area contributed by atoms with Crippen molar-refractivity contribution >= 4 is 17.5 Å². The third kappa shape index (κ3) is 4.52. The Bertz CT molecular complexity index is 838. The van der Waals surface area contributed by atoms with Crippen LogP contribution >= 0.6 is 0 Å². The first-order valence-corrected chi connectivity index (χ1v) is 9.06. The molecule has 1 atom stereocenters. The van der Waals surface area contributed by atoms with E-state index in [1.165, 1.54) is 12.1 Å². The summed E-state index contributed by atoms with van der Waals surface area (Å²) in [5, 5.41) is 2.92. The van der Waals surface area contributed by atoms with Crippen LogP contribution < -0.4 is 10.2 Å². The Kier molecular flexibility index (Phi) is 5.86. The van der Waals surface area contributed by atoms with E-state index in [0.717, 1.165) is 17.7 Å². The van der Waals surface area contributed by atoms with Crippen LogP contribution in [0.5, 0.6) is 0 Å². The lowest BCUT2D eigenvalue weighted by Gasteiger charge is -2.25. The molecular weight excluding hydrogens is 345 g/mol. The number of nitrogens with one attached hydrogen (secondary N) is 1. The summed E-state index contributed by atoms with van der Waals surface area (Å²) in [4.78, 5) is 28.2. The van der Waals surface area contributed by atoms with Crippen LogP contribution in [0.25, 0.3) is 0 Å². The predicted octanol–water partition coefficient (Wildman–Crippen LogP) is 2.99. The zero-order valence-corrected chi connectivity index (χ0v) is 15.6. The number of hydrogen-bond donors (Lipinski definition) is 1. The number of benzene rings is 2. The lowest BCUT2D eigenvalue weighted by molar-refractivity contribution is -0.117. The number of carbonyl (C=O) groups is 2. The smallest absolute Gasteiger partial charge is 0.251 e. The maximum absolute atomic E-state index is 13.5. The van der Waals surface area contributed by atoms with E-state index >= 15 is 0 Å². The van der Waals surface area contributed by atoms with Crippen LogP contribution in [0.2, 0.25) is 0 Å². The van der Waals surface area contributed by atoms with E-state index in [4.69, 9.17) is 0 Å². The van der Waals surface area contributed by atoms with Gasteiger partial charge >= 0.3 is 0 Å². The third-order valence-electron chi connectivity index (χ3n) is 4.81. The first-order chi connectivity index (χ1) is 13.0. The van der Waals surface area contributed by atoms with Crippen molar-refractivity contribution in [2.24, 2.45) is 0 Å². The van der Waals surface area contributed by atoms with E-state index in [0.29, 0.717) is 25.1 Å². The van der Waals surface area contributed by atoms with Crippen molar-refractivity contribution < 1.29 is 14.0 Å². The molecule has 2 aromatic rings. The van der Waals surface area contributed by atoms with Gasteiger partial charge in [-0.3, -0.25) is 9.59 Å². The number of likely N-dealkylation sites (N-methyl/N-ethyl adjacent to an activating group) is 1. The van der Waals surface area contributed by atoms with Crippen LogP contribution in [-0.2, 0) is 4.79 Å². The minimum atomic E-state index is -0.298. The number of nitrogens with zero attached hydrogens (tertiary/aromatic N) is 2. The monoisotopic (exact) mass is 369 g/mol. The summed E-state index contributed by atoms with van der Waals surface area (Å²) >= 11 is 0. The SMILES string of the molecule is CN(C)C(CNC(=O)c1cccc(N2CCCC2=O)c1)c1cccc(F)c1. The van der Waals surface area contributed by atoms with Crippen molar-refractivity contribution in [2.45, 2.75) is 18.9 Å². The van der Waals surface area contributed by atoms with E-state index in [1.807, 2.05) is 31.1 Å². The molecule has 1 saturated heterocycles. The molecule has 1 aliphatic heterocycles. The van der Waals surface area contributed by atoms with Gasteiger partial charge in [-0.1, -0.05) is 18.2 Å². The molecule has 1 unspecified atom stereocenters. The third-order valence-corrected chi connectivity index (χ3v) is 4.81. The topological polar surface area (TPSA) is 52.7 Å². The maximum atomic E-state index is 13.5. The summed E-state index contributed by atoms with van der Waals surface area (Å²) in [5.41, 5.74) is 2.06. The number of halogens is 1. The minimum Gasteiger partial charge on any atom is -0.350 e. The molecular formula is C21H24FN3O2. The molecule has 0 spiro atoms. The highest BCUT2D eigenvalue weighted by Gasteiger charge is 2.22. The molecule has 6 heteroatoms. The van der Waals surface area contributed by atoms with Gasteiger partial charge in [-0.25, -0.2) is 4.39 Å². The second kappa shape index (κ2) is 8.31. The van der Waals surface area contributed by atoms with Gasteiger partial charge in [0.05, 0.1) is 6.04 Å². The van der Waals surface area contributed by atoms with Gasteiger partial charge in [-0.2, -0.15) is 0 Å². The van der Waals surface area contributed by atoms with Crippen molar-refractivity contribution in [2.75, 3.05) is 32.1 Å². The second-order valence-electron chi connectivity index (χ2n) is 6.94. The molecule has 0 radical (unpaired) electrons. The standard InChI is InChI=1S/C21H24FN3O2/c1-24(2)19(15-6-3-8-17(22)12-15)14-23-21(27)16-7-4-9-18(13-16)25-11-5-10-20(25)26/h3-4,6-9,12-13,19H,5,10-11,14H2,1-2H3,(H,23,27). The van der Waals surface area contributed by atoms with Gasteiger partial charge in [-0.15, -0.1) is 0 Å². The lowest BCUT2D eigenvalue weighted by Crippen LogP contribution is -2.34. The fraction of sp³-hybridized carbons (Fsp3) is 0.333. The summed E-state index contributed by atoms with van der Waals surface area (Å²) in [6, 6.07) is 13.3. The normalized spacial score (nSPS) is 15.3. The highest BCUT2D eigenvalue weighted by molar-refractivity contribution is 5.99. The molecule has 5 nitrogen and oxygen atoms in total. The Balaban J connectivity index is 1.70. The predicted molar refractivity (Wildman–Crippen MR) is 103 cm³/mol. The Morgan fingerprint density at radius 1 is 1.22 bits per heavy atom. The number of amides is 2. The van der Waals surface area contributed by atoms with Crippen LogP contribution in [0.1, 0.15) is 34.8 Å². The Morgan fingerprint density at radius 2 is 2.00 bits per heavy atom. The van der Waals surface area contributed by atoms with E-state index < -0.39 is 0 Å². The molecule has 1 N–H and O–H groups in total. The molecule has 1 aliphatic rings. The molecule has 2 amide bonds. The first-order valence-electron chi connectivity index (χ1n) is 9.06. The molecule has 1 fully saturated rings. The molecule has 1 heterocycles. The van der Waals surface area contributed by atoms with Crippen LogP contribution in [-0.4, -0.2) is 43.9 Å². The van der Waals surface area contributed by atoms with Gasteiger partial charge in [0, 0.05) is 30.8 Å². The quantitative estimate of drug-likeness (QED) is 0.852. The Hall–Kier alpha value is -2.73. The number of hydrogen-bond acceptors (Lipinski definition) is 3. The van der Waals surface area contributed by atoms with E-state index in [1.54, 1.807) is 29.2 Å². The summed E-state index contributed by atoms with van der Waals surface area (Å²) < 4.78 is 13.5. The van der Waals surface area contributed by atoms with Crippen LogP contribution in [0, 0.1) is 5.82 Å². The lowest BCUT2D eigenvalue weighted by atomic mass is 10.1. The number of carbonyl (C=O) groups excluding carboxylic acids is 2. The van der Waals surface area contributed by atoms with Crippen LogP contribution in [0.4, 0.5) is 10.1 Å². The average Bonchev–Trinajstić information content (AvgIpc) is 3.07. The van der Waals surface area contributed by atoms with Gasteiger partial charge < -0.3 is 15.1 Å². The summed E-state index contributed by atoms with van der Waals surface area (Å²) in [5.74, 6) is -0.424. The zero-order valence-electron chi connectivity index (χ0n) is 15.6. The van der Waals surface area contributed by atoms with Gasteiger partial charge in [-0.05, 0) is 56.4 Å². The summed E-state index contributed by atoms with van der Waals surface area (Å²) in [6.45, 7) is 1.04. The molecule has 3 rings (SSSR count). The number of rotatable bonds is 6.